The molecule has 0 aliphatic heterocycles. The molecule has 0 saturated carbocycles. The van der Waals surface area contributed by atoms with Crippen LogP contribution in [0.5, 0.6) is 0 Å². The van der Waals surface area contributed by atoms with E-state index in [0.717, 1.165) is 12.3 Å². The molecule has 0 unspecified atom stereocenters. The van der Waals surface area contributed by atoms with Crippen molar-refractivity contribution in [1.29, 1.82) is 0 Å². The summed E-state index contributed by atoms with van der Waals surface area (Å²) in [6.07, 6.45) is 1.90. The molecule has 0 atom stereocenters. The van der Waals surface area contributed by atoms with Gasteiger partial charge in [0.25, 0.3) is 0 Å². The van der Waals surface area contributed by atoms with Crippen molar-refractivity contribution >= 4 is 67.9 Å². The van der Waals surface area contributed by atoms with E-state index in [1.807, 2.05) is 0 Å². The molecule has 0 fully saturated rings. The Morgan fingerprint density at radius 2 is 0.370 bits per heavy atom. The van der Waals surface area contributed by atoms with Gasteiger partial charge in [-0.2, -0.15) is 0 Å². The van der Waals surface area contributed by atoms with E-state index in [-0.39, 0.29) is 0 Å². The fraction of sp³-hybridized carbons (Fsp3) is 0.0385. The maximum absolute atomic E-state index is 2.61. The second-order valence-corrected chi connectivity index (χ2v) is 22.2. The van der Waals surface area contributed by atoms with Crippen molar-refractivity contribution in [3.05, 3.63) is 242 Å². The Kier molecular flexibility index (Phi) is 9.49. The van der Waals surface area contributed by atoms with Crippen LogP contribution in [0.1, 0.15) is 11.1 Å². The Morgan fingerprint density at radius 3 is 0.556 bits per heavy atom. The molecule has 9 rings (SSSR count). The number of benzene rings is 9. The van der Waals surface area contributed by atoms with E-state index in [9.17, 15) is 0 Å². The summed E-state index contributed by atoms with van der Waals surface area (Å²) in [6.45, 7) is 0. The number of fused-ring (bicyclic) bond motifs is 2. The molecule has 0 bridgehead atoms. The summed E-state index contributed by atoms with van der Waals surface area (Å²) in [7, 11) is -5.23. The molecule has 54 heavy (non-hydrogen) atoms. The summed E-state index contributed by atoms with van der Waals surface area (Å²) < 4.78 is 0. The van der Waals surface area contributed by atoms with Crippen LogP contribution in [0.4, 0.5) is 0 Å². The average Bonchev–Trinajstić information content (AvgIpc) is 3.27. The van der Waals surface area contributed by atoms with E-state index in [1.54, 1.807) is 0 Å². The summed E-state index contributed by atoms with van der Waals surface area (Å²) in [5.41, 5.74) is 2.89. The molecule has 0 nitrogen and oxygen atoms in total. The molecular weight excluding hydrogens is 687 g/mol. The van der Waals surface area contributed by atoms with Gasteiger partial charge >= 0.3 is 322 Å². The number of hydrogen-bond acceptors (Lipinski definition) is 0. The third-order valence-electron chi connectivity index (χ3n) is 11.6. The van der Waals surface area contributed by atoms with Crippen LogP contribution in [0.2, 0.25) is 0 Å². The van der Waals surface area contributed by atoms with Crippen molar-refractivity contribution in [2.75, 3.05) is 0 Å². The van der Waals surface area contributed by atoms with Crippen LogP contribution >= 0.6 is 14.5 Å². The van der Waals surface area contributed by atoms with Crippen LogP contribution in [-0.4, -0.2) is 0 Å². The van der Waals surface area contributed by atoms with Gasteiger partial charge < -0.3 is 0 Å². The molecule has 0 aromatic heterocycles. The van der Waals surface area contributed by atoms with E-state index in [2.05, 4.69) is 231 Å². The second kappa shape index (κ2) is 15.0. The fourth-order valence-electron chi connectivity index (χ4n) is 9.17. The Labute approximate surface area is 320 Å². The number of hydrogen-bond donors (Lipinski definition) is 0. The van der Waals surface area contributed by atoms with Crippen LogP contribution < -0.4 is 31.8 Å². The van der Waals surface area contributed by atoms with Crippen LogP contribution in [0, 0.1) is 0 Å². The van der Waals surface area contributed by atoms with Crippen molar-refractivity contribution in [3.8, 4) is 0 Å². The molecule has 262 valence electrons. The normalized spacial score (nSPS) is 12.4. The van der Waals surface area contributed by atoms with Crippen molar-refractivity contribution in [3.63, 3.8) is 0 Å². The van der Waals surface area contributed by atoms with Crippen LogP contribution in [0.3, 0.4) is 0 Å². The number of rotatable bonds is 10. The summed E-state index contributed by atoms with van der Waals surface area (Å²) in [6, 6.07) is 86.8. The SMILES string of the molecule is c1ccc([PH](Cc2c3ccccc3c(C[PH](c3ccccc3)(c3ccccc3)c3ccccc3)c3ccccc23)(c2ccccc2)c2ccccc2)cc1. The molecule has 9 aromatic carbocycles. The molecule has 0 radical (unpaired) electrons. The average molecular weight is 731 g/mol. The molecule has 0 amide bonds. The quantitative estimate of drug-likeness (QED) is 0.0971. The summed E-state index contributed by atoms with van der Waals surface area (Å²) in [5.74, 6) is 0. The fourth-order valence-corrected chi connectivity index (χ4v) is 18.8. The Morgan fingerprint density at radius 1 is 0.204 bits per heavy atom. The third kappa shape index (κ3) is 5.97. The molecule has 0 heterocycles. The first kappa shape index (κ1) is 34.1. The van der Waals surface area contributed by atoms with Crippen molar-refractivity contribution in [2.24, 2.45) is 0 Å². The first-order chi connectivity index (χ1) is 26.8. The zero-order valence-corrected chi connectivity index (χ0v) is 32.4. The molecular formula is C52H44P2. The van der Waals surface area contributed by atoms with Gasteiger partial charge in [-0.25, -0.2) is 0 Å². The van der Waals surface area contributed by atoms with Gasteiger partial charge in [0.1, 0.15) is 0 Å². The summed E-state index contributed by atoms with van der Waals surface area (Å²) >= 11 is 0. The molecule has 2 heteroatoms. The zero-order valence-electron chi connectivity index (χ0n) is 30.4. The van der Waals surface area contributed by atoms with E-state index >= 15 is 0 Å². The molecule has 0 aliphatic rings. The molecule has 0 spiro atoms. The van der Waals surface area contributed by atoms with E-state index < -0.39 is 14.5 Å². The molecule has 9 aromatic rings. The van der Waals surface area contributed by atoms with Gasteiger partial charge in [-0.1, -0.05) is 0 Å². The van der Waals surface area contributed by atoms with Gasteiger partial charge in [-0.05, 0) is 0 Å². The Bertz CT molecular complexity index is 2190. The van der Waals surface area contributed by atoms with Crippen LogP contribution in [-0.2, 0) is 12.3 Å². The molecule has 0 aliphatic carbocycles. The maximum atomic E-state index is 2.40. The summed E-state index contributed by atoms with van der Waals surface area (Å²) in [5, 5.41) is 14.1. The summed E-state index contributed by atoms with van der Waals surface area (Å²) in [4.78, 5) is 0. The van der Waals surface area contributed by atoms with Gasteiger partial charge in [-0.3, -0.25) is 0 Å². The minimum absolute atomic E-state index is 0.949. The van der Waals surface area contributed by atoms with Crippen molar-refractivity contribution in [2.45, 2.75) is 12.3 Å². The van der Waals surface area contributed by atoms with Crippen LogP contribution in [0.25, 0.3) is 21.5 Å². The van der Waals surface area contributed by atoms with Gasteiger partial charge in [0.2, 0.25) is 0 Å². The predicted octanol–water partition coefficient (Wildman–Crippen LogP) is 10.4. The van der Waals surface area contributed by atoms with E-state index in [0.29, 0.717) is 0 Å². The molecule has 0 saturated heterocycles. The third-order valence-corrected chi connectivity index (χ3v) is 21.3. The van der Waals surface area contributed by atoms with Crippen molar-refractivity contribution < 1.29 is 0 Å². The van der Waals surface area contributed by atoms with Gasteiger partial charge in [0, 0.05) is 0 Å². The van der Waals surface area contributed by atoms with E-state index in [1.165, 1.54) is 64.5 Å². The minimum atomic E-state index is -2.61. The predicted molar refractivity (Wildman–Crippen MR) is 242 cm³/mol. The molecule has 0 N–H and O–H groups in total. The van der Waals surface area contributed by atoms with Gasteiger partial charge in [-0.15, -0.1) is 0 Å². The van der Waals surface area contributed by atoms with Gasteiger partial charge in [0.05, 0.1) is 0 Å². The van der Waals surface area contributed by atoms with Crippen LogP contribution in [0.15, 0.2) is 231 Å². The second-order valence-electron chi connectivity index (χ2n) is 14.4. The monoisotopic (exact) mass is 730 g/mol. The zero-order chi connectivity index (χ0) is 36.2. The van der Waals surface area contributed by atoms with E-state index in [4.69, 9.17) is 0 Å². The Balaban J connectivity index is 1.35. The van der Waals surface area contributed by atoms with Gasteiger partial charge in [0.15, 0.2) is 0 Å². The van der Waals surface area contributed by atoms with Crippen molar-refractivity contribution in [1.82, 2.24) is 0 Å². The topological polar surface area (TPSA) is 0 Å². The first-order valence-electron chi connectivity index (χ1n) is 19.0. The first-order valence-corrected chi connectivity index (χ1v) is 23.4. The standard InChI is InChI=1S/C52H44P2/c1-7-23-41(24-8-1)53(42-25-9-2-10-26-42,43-27-11-3-12-28-43)39-51-47-35-19-21-37-49(47)52(50-38-22-20-36-48(50)51)40-54(44-29-13-4-14-30-44,45-31-15-5-16-32-45)46-33-17-6-18-34-46/h1-38,53-54H,39-40H2. The Hall–Kier alpha value is -5.64.